The average molecular weight is 165 g/mol. The maximum Gasteiger partial charge on any atom is 0.212 e. The SMILES string of the molecule is O=CNc1ncccc1C=NO. The first kappa shape index (κ1) is 8.19. The van der Waals surface area contributed by atoms with Gasteiger partial charge in [0.25, 0.3) is 0 Å². The highest BCUT2D eigenvalue weighted by Gasteiger charge is 1.97. The van der Waals surface area contributed by atoms with Crippen molar-refractivity contribution in [3.8, 4) is 0 Å². The Balaban J connectivity index is 2.99. The third kappa shape index (κ3) is 1.79. The predicted molar refractivity (Wildman–Crippen MR) is 43.3 cm³/mol. The molecule has 0 saturated heterocycles. The second-order valence-corrected chi connectivity index (χ2v) is 1.95. The molecular formula is C7H7N3O2. The summed E-state index contributed by atoms with van der Waals surface area (Å²) in [6.45, 7) is 0. The molecule has 1 amide bonds. The van der Waals surface area contributed by atoms with E-state index in [2.05, 4.69) is 15.5 Å². The van der Waals surface area contributed by atoms with Gasteiger partial charge in [-0.25, -0.2) is 4.98 Å². The van der Waals surface area contributed by atoms with E-state index in [9.17, 15) is 4.79 Å². The maximum atomic E-state index is 10.1. The first-order valence-corrected chi connectivity index (χ1v) is 3.21. The monoisotopic (exact) mass is 165 g/mol. The summed E-state index contributed by atoms with van der Waals surface area (Å²) < 4.78 is 0. The quantitative estimate of drug-likeness (QED) is 0.295. The van der Waals surface area contributed by atoms with Gasteiger partial charge in [0.1, 0.15) is 5.82 Å². The molecule has 1 aromatic rings. The van der Waals surface area contributed by atoms with Gasteiger partial charge in [-0.3, -0.25) is 4.79 Å². The number of nitrogens with one attached hydrogen (secondary N) is 1. The minimum atomic E-state index is 0.366. The number of carbonyl (C=O) groups is 1. The summed E-state index contributed by atoms with van der Waals surface area (Å²) in [5, 5.41) is 13.4. The number of amides is 1. The number of nitrogens with zero attached hydrogens (tertiary/aromatic N) is 2. The predicted octanol–water partition coefficient (Wildman–Crippen LogP) is 0.458. The average Bonchev–Trinajstić information content (AvgIpc) is 2.09. The van der Waals surface area contributed by atoms with Crippen LogP contribution >= 0.6 is 0 Å². The van der Waals surface area contributed by atoms with E-state index in [-0.39, 0.29) is 0 Å². The van der Waals surface area contributed by atoms with E-state index in [0.717, 1.165) is 0 Å². The van der Waals surface area contributed by atoms with E-state index < -0.39 is 0 Å². The first-order valence-electron chi connectivity index (χ1n) is 3.21. The van der Waals surface area contributed by atoms with Gasteiger partial charge in [0.15, 0.2) is 0 Å². The molecule has 1 aromatic heterocycles. The van der Waals surface area contributed by atoms with Gasteiger partial charge in [-0.1, -0.05) is 5.16 Å². The van der Waals surface area contributed by atoms with E-state index >= 15 is 0 Å². The zero-order valence-electron chi connectivity index (χ0n) is 6.14. The van der Waals surface area contributed by atoms with Crippen LogP contribution in [0.1, 0.15) is 5.56 Å². The molecule has 62 valence electrons. The Bertz CT molecular complexity index is 298. The van der Waals surface area contributed by atoms with E-state index in [1.54, 1.807) is 12.1 Å². The molecule has 0 aliphatic heterocycles. The van der Waals surface area contributed by atoms with Crippen LogP contribution in [0.3, 0.4) is 0 Å². The van der Waals surface area contributed by atoms with Crippen LogP contribution in [0.2, 0.25) is 0 Å². The van der Waals surface area contributed by atoms with Crippen LogP contribution < -0.4 is 5.32 Å². The fraction of sp³-hybridized carbons (Fsp3) is 0. The summed E-state index contributed by atoms with van der Waals surface area (Å²) in [6, 6.07) is 3.34. The van der Waals surface area contributed by atoms with Crippen molar-refractivity contribution in [1.82, 2.24) is 4.98 Å². The van der Waals surface area contributed by atoms with Crippen molar-refractivity contribution in [2.75, 3.05) is 5.32 Å². The second kappa shape index (κ2) is 4.07. The van der Waals surface area contributed by atoms with E-state index in [0.29, 0.717) is 17.8 Å². The van der Waals surface area contributed by atoms with Crippen LogP contribution in [0.4, 0.5) is 5.82 Å². The number of carbonyl (C=O) groups excluding carboxylic acids is 1. The normalized spacial score (nSPS) is 10.0. The molecule has 1 rings (SSSR count). The lowest BCUT2D eigenvalue weighted by atomic mass is 10.3. The summed E-state index contributed by atoms with van der Waals surface area (Å²) >= 11 is 0. The van der Waals surface area contributed by atoms with E-state index in [1.165, 1.54) is 12.4 Å². The Labute approximate surface area is 68.7 Å². The minimum Gasteiger partial charge on any atom is -0.411 e. The van der Waals surface area contributed by atoms with Gasteiger partial charge >= 0.3 is 0 Å². The zero-order valence-corrected chi connectivity index (χ0v) is 6.14. The zero-order chi connectivity index (χ0) is 8.81. The Morgan fingerprint density at radius 1 is 1.67 bits per heavy atom. The smallest absolute Gasteiger partial charge is 0.212 e. The van der Waals surface area contributed by atoms with Crippen molar-refractivity contribution >= 4 is 18.4 Å². The van der Waals surface area contributed by atoms with Crippen LogP contribution in [0, 0.1) is 0 Å². The highest BCUT2D eigenvalue weighted by molar-refractivity contribution is 5.88. The molecule has 5 nitrogen and oxygen atoms in total. The number of oxime groups is 1. The number of pyridine rings is 1. The molecule has 0 unspecified atom stereocenters. The highest BCUT2D eigenvalue weighted by atomic mass is 16.4. The molecule has 0 aliphatic carbocycles. The minimum absolute atomic E-state index is 0.366. The summed E-state index contributed by atoms with van der Waals surface area (Å²) in [7, 11) is 0. The Morgan fingerprint density at radius 3 is 3.17 bits per heavy atom. The molecule has 0 atom stereocenters. The number of rotatable bonds is 3. The second-order valence-electron chi connectivity index (χ2n) is 1.95. The standard InChI is InChI=1S/C7H7N3O2/c11-5-9-7-6(4-10-12)2-1-3-8-7/h1-5,12H,(H,8,9,11). The number of hydrogen-bond acceptors (Lipinski definition) is 4. The molecule has 5 heteroatoms. The lowest BCUT2D eigenvalue weighted by Gasteiger charge is -1.99. The fourth-order valence-corrected chi connectivity index (χ4v) is 0.761. The van der Waals surface area contributed by atoms with Crippen molar-refractivity contribution in [2.45, 2.75) is 0 Å². The van der Waals surface area contributed by atoms with Crippen LogP contribution in [0.25, 0.3) is 0 Å². The molecular weight excluding hydrogens is 158 g/mol. The van der Waals surface area contributed by atoms with Gasteiger partial charge in [-0.05, 0) is 12.1 Å². The largest absolute Gasteiger partial charge is 0.411 e. The molecule has 0 fully saturated rings. The fourth-order valence-electron chi connectivity index (χ4n) is 0.761. The lowest BCUT2D eigenvalue weighted by molar-refractivity contribution is -0.105. The third-order valence-corrected chi connectivity index (χ3v) is 1.23. The Hall–Kier alpha value is -1.91. The van der Waals surface area contributed by atoms with E-state index in [4.69, 9.17) is 5.21 Å². The number of anilines is 1. The molecule has 0 radical (unpaired) electrons. The summed E-state index contributed by atoms with van der Waals surface area (Å²) in [5.41, 5.74) is 0.548. The van der Waals surface area contributed by atoms with Gasteiger partial charge in [0.05, 0.1) is 6.21 Å². The molecule has 0 bridgehead atoms. The maximum absolute atomic E-state index is 10.1. The Morgan fingerprint density at radius 2 is 2.50 bits per heavy atom. The lowest BCUT2D eigenvalue weighted by Crippen LogP contribution is -2.00. The molecule has 2 N–H and O–H groups in total. The van der Waals surface area contributed by atoms with Crippen LogP contribution in [-0.2, 0) is 4.79 Å². The first-order chi connectivity index (χ1) is 5.88. The van der Waals surface area contributed by atoms with Crippen LogP contribution in [0.15, 0.2) is 23.5 Å². The Kier molecular flexibility index (Phi) is 2.78. The van der Waals surface area contributed by atoms with E-state index in [1.807, 2.05) is 0 Å². The third-order valence-electron chi connectivity index (χ3n) is 1.23. The van der Waals surface area contributed by atoms with Crippen molar-refractivity contribution in [3.63, 3.8) is 0 Å². The summed E-state index contributed by atoms with van der Waals surface area (Å²) in [4.78, 5) is 13.9. The van der Waals surface area contributed by atoms with Gasteiger partial charge in [0.2, 0.25) is 6.41 Å². The van der Waals surface area contributed by atoms with Crippen LogP contribution in [0.5, 0.6) is 0 Å². The number of hydrogen-bond donors (Lipinski definition) is 2. The summed E-state index contributed by atoms with van der Waals surface area (Å²) in [5.74, 6) is 0.366. The molecule has 0 spiro atoms. The summed E-state index contributed by atoms with van der Waals surface area (Å²) in [6.07, 6.45) is 3.23. The van der Waals surface area contributed by atoms with Gasteiger partial charge in [0, 0.05) is 11.8 Å². The van der Waals surface area contributed by atoms with Crippen LogP contribution in [-0.4, -0.2) is 22.8 Å². The topological polar surface area (TPSA) is 74.6 Å². The molecule has 0 saturated carbocycles. The molecule has 12 heavy (non-hydrogen) atoms. The molecule has 0 aromatic carbocycles. The van der Waals surface area contributed by atoms with Crippen molar-refractivity contribution < 1.29 is 10.0 Å². The van der Waals surface area contributed by atoms with Crippen molar-refractivity contribution in [2.24, 2.45) is 5.16 Å². The van der Waals surface area contributed by atoms with Gasteiger partial charge < -0.3 is 10.5 Å². The highest BCUT2D eigenvalue weighted by Crippen LogP contribution is 2.06. The van der Waals surface area contributed by atoms with Gasteiger partial charge in [-0.2, -0.15) is 0 Å². The number of aromatic nitrogens is 1. The molecule has 0 aliphatic rings. The van der Waals surface area contributed by atoms with Gasteiger partial charge in [-0.15, -0.1) is 0 Å². The van der Waals surface area contributed by atoms with Crippen molar-refractivity contribution in [3.05, 3.63) is 23.9 Å². The van der Waals surface area contributed by atoms with Crippen molar-refractivity contribution in [1.29, 1.82) is 0 Å². The molecule has 1 heterocycles.